The van der Waals surface area contributed by atoms with Gasteiger partial charge in [0.1, 0.15) is 30.0 Å². The number of para-hydroxylation sites is 4. The predicted molar refractivity (Wildman–Crippen MR) is 186 cm³/mol. The van der Waals surface area contributed by atoms with Crippen LogP contribution in [-0.4, -0.2) is 36.7 Å². The third kappa shape index (κ3) is 6.91. The quantitative estimate of drug-likeness (QED) is 0.0504. The number of quaternary nitrogens is 1. The van der Waals surface area contributed by atoms with E-state index in [1.165, 1.54) is 29.0 Å². The molecule has 1 aliphatic rings. The summed E-state index contributed by atoms with van der Waals surface area (Å²) in [6, 6.07) is 27.6. The molecule has 5 rings (SSSR count). The van der Waals surface area contributed by atoms with Crippen molar-refractivity contribution in [2.75, 3.05) is 23.0 Å². The molecular formula is C35H37FN5O3S2+. The second-order valence-electron chi connectivity index (χ2n) is 11.3. The third-order valence-corrected chi connectivity index (χ3v) is 9.98. The van der Waals surface area contributed by atoms with Crippen LogP contribution in [0.1, 0.15) is 31.2 Å². The van der Waals surface area contributed by atoms with Crippen molar-refractivity contribution in [3.05, 3.63) is 115 Å². The van der Waals surface area contributed by atoms with Gasteiger partial charge in [0, 0.05) is 23.1 Å². The lowest BCUT2D eigenvalue weighted by atomic mass is 10.1. The van der Waals surface area contributed by atoms with E-state index in [2.05, 4.69) is 24.5 Å². The first-order valence-electron chi connectivity index (χ1n) is 14.9. The van der Waals surface area contributed by atoms with E-state index in [1.807, 2.05) is 36.6 Å². The molecule has 1 aliphatic heterocycles. The number of rotatable bonds is 11. The van der Waals surface area contributed by atoms with Crippen LogP contribution in [0.2, 0.25) is 0 Å². The van der Waals surface area contributed by atoms with Crippen molar-refractivity contribution < 1.29 is 18.8 Å². The number of hydrogen-bond acceptors (Lipinski definition) is 6. The maximum absolute atomic E-state index is 15.5. The number of urea groups is 1. The van der Waals surface area contributed by atoms with Crippen LogP contribution in [0.5, 0.6) is 0 Å². The lowest BCUT2D eigenvalue weighted by molar-refractivity contribution is -0.131. The Labute approximate surface area is 277 Å². The fourth-order valence-corrected chi connectivity index (χ4v) is 7.42. The number of carbonyl (C=O) groups is 3. The van der Waals surface area contributed by atoms with Gasteiger partial charge in [-0.15, -0.1) is 11.8 Å². The minimum Gasteiger partial charge on any atom is -0.363 e. The molecule has 0 aromatic heterocycles. The maximum atomic E-state index is 15.5. The lowest BCUT2D eigenvalue weighted by Gasteiger charge is -2.37. The Balaban J connectivity index is 1.79. The number of anilines is 3. The fourth-order valence-electron chi connectivity index (χ4n) is 5.46. The molecule has 4 aromatic rings. The van der Waals surface area contributed by atoms with Crippen LogP contribution in [0.25, 0.3) is 0 Å². The first kappa shape index (κ1) is 33.1. The number of hydrogen-bond donors (Lipinski definition) is 3. The van der Waals surface area contributed by atoms with Crippen molar-refractivity contribution in [3.63, 3.8) is 0 Å². The molecule has 238 valence electrons. The van der Waals surface area contributed by atoms with E-state index in [-0.39, 0.29) is 22.0 Å². The number of halogens is 1. The molecule has 0 saturated carbocycles. The molecule has 0 fully saturated rings. The molecule has 1 heterocycles. The summed E-state index contributed by atoms with van der Waals surface area (Å²) in [5.41, 5.74) is 7.90. The summed E-state index contributed by atoms with van der Waals surface area (Å²) in [7, 11) is 0. The smallest absolute Gasteiger partial charge is 0.362 e. The van der Waals surface area contributed by atoms with Crippen LogP contribution in [0.3, 0.4) is 0 Å². The highest BCUT2D eigenvalue weighted by Crippen LogP contribution is 2.50. The second-order valence-corrected chi connectivity index (χ2v) is 13.5. The summed E-state index contributed by atoms with van der Waals surface area (Å²) >= 11 is 2.74. The Morgan fingerprint density at radius 2 is 1.61 bits per heavy atom. The van der Waals surface area contributed by atoms with Crippen molar-refractivity contribution in [2.45, 2.75) is 36.6 Å². The Morgan fingerprint density at radius 1 is 0.935 bits per heavy atom. The van der Waals surface area contributed by atoms with Gasteiger partial charge in [-0.3, -0.25) is 9.69 Å². The molecule has 0 aliphatic carbocycles. The molecule has 0 spiro atoms. The van der Waals surface area contributed by atoms with Gasteiger partial charge in [0.25, 0.3) is 5.91 Å². The van der Waals surface area contributed by atoms with Crippen LogP contribution >= 0.6 is 23.7 Å². The molecule has 3 unspecified atom stereocenters. The van der Waals surface area contributed by atoms with E-state index in [1.54, 1.807) is 72.4 Å². The van der Waals surface area contributed by atoms with Crippen molar-refractivity contribution in [2.24, 2.45) is 11.7 Å². The summed E-state index contributed by atoms with van der Waals surface area (Å²) < 4.78 is 15.2. The van der Waals surface area contributed by atoms with E-state index >= 15 is 9.18 Å². The molecular weight excluding hydrogens is 622 g/mol. The maximum Gasteiger partial charge on any atom is 0.362 e. The summed E-state index contributed by atoms with van der Waals surface area (Å²) in [6.45, 7) is 4.41. The molecule has 0 bridgehead atoms. The Kier molecular flexibility index (Phi) is 10.4. The lowest BCUT2D eigenvalue weighted by Crippen LogP contribution is -2.58. The van der Waals surface area contributed by atoms with Crippen molar-refractivity contribution in [1.82, 2.24) is 9.21 Å². The topological polar surface area (TPSA) is 105 Å². The van der Waals surface area contributed by atoms with Crippen LogP contribution in [0.15, 0.2) is 108 Å². The predicted octanol–water partition coefficient (Wildman–Crippen LogP) is 7.60. The van der Waals surface area contributed by atoms with Crippen molar-refractivity contribution >= 4 is 64.3 Å². The number of thioether (sulfide) groups is 1. The summed E-state index contributed by atoms with van der Waals surface area (Å²) in [5, 5.41) is 5.26. The molecule has 0 radical (unpaired) electrons. The van der Waals surface area contributed by atoms with E-state index < -0.39 is 35.1 Å². The number of nitrogens with two attached hydrogens (primary N) is 1. The van der Waals surface area contributed by atoms with Crippen LogP contribution < -0.4 is 25.2 Å². The Hall–Kier alpha value is -4.32. The zero-order valence-corrected chi connectivity index (χ0v) is 27.5. The monoisotopic (exact) mass is 658 g/mol. The van der Waals surface area contributed by atoms with Gasteiger partial charge in [-0.1, -0.05) is 68.4 Å². The highest BCUT2D eigenvalue weighted by atomic mass is 32.2. The number of benzene rings is 4. The highest BCUT2D eigenvalue weighted by molar-refractivity contribution is 7.99. The summed E-state index contributed by atoms with van der Waals surface area (Å²) in [5.74, 6) is -1.49. The van der Waals surface area contributed by atoms with Crippen LogP contribution in [0.4, 0.5) is 31.9 Å². The molecule has 4 aromatic carbocycles. The van der Waals surface area contributed by atoms with E-state index in [0.29, 0.717) is 23.5 Å². The number of carbonyl (C=O) groups excluding carboxylic acids is 3. The van der Waals surface area contributed by atoms with E-state index in [4.69, 9.17) is 5.73 Å². The van der Waals surface area contributed by atoms with Gasteiger partial charge in [-0.25, -0.2) is 14.0 Å². The fraction of sp³-hybridized carbons (Fsp3) is 0.229. The number of nitrogens with one attached hydrogen (secondary N) is 2. The zero-order chi connectivity index (χ0) is 32.8. The van der Waals surface area contributed by atoms with Crippen LogP contribution in [-0.2, 0) is 9.59 Å². The molecule has 8 nitrogen and oxygen atoms in total. The summed E-state index contributed by atoms with van der Waals surface area (Å²) in [4.78, 5) is 44.7. The SMILES string of the molecule is CSc1cccc(C(NC(N)=O)S[N+]2(CCC(C)C)C(=O)C(Nc3ccccc3)C(=O)N(c3ccccc3F)c3ccccc32)c1. The number of amides is 4. The molecule has 3 atom stereocenters. The Morgan fingerprint density at radius 3 is 2.28 bits per heavy atom. The van der Waals surface area contributed by atoms with E-state index in [0.717, 1.165) is 10.5 Å². The Bertz CT molecular complexity index is 1720. The molecule has 4 N–H and O–H groups in total. The highest BCUT2D eigenvalue weighted by Gasteiger charge is 2.55. The number of nitrogens with zero attached hydrogens (tertiary/aromatic N) is 2. The molecule has 4 amide bonds. The largest absolute Gasteiger partial charge is 0.363 e. The normalized spacial score (nSPS) is 18.5. The van der Waals surface area contributed by atoms with Gasteiger partial charge in [-0.2, -0.15) is 3.89 Å². The number of primary amides is 1. The molecule has 11 heteroatoms. The van der Waals surface area contributed by atoms with Crippen molar-refractivity contribution in [3.8, 4) is 0 Å². The van der Waals surface area contributed by atoms with Gasteiger partial charge in [0.15, 0.2) is 11.1 Å². The van der Waals surface area contributed by atoms with Gasteiger partial charge < -0.3 is 16.4 Å². The third-order valence-electron chi connectivity index (χ3n) is 7.74. The van der Waals surface area contributed by atoms with Crippen molar-refractivity contribution in [1.29, 1.82) is 0 Å². The van der Waals surface area contributed by atoms with Crippen LogP contribution in [0, 0.1) is 11.7 Å². The average molecular weight is 659 g/mol. The van der Waals surface area contributed by atoms with Gasteiger partial charge >= 0.3 is 11.9 Å². The minimum absolute atomic E-state index is 0.0287. The second kappa shape index (κ2) is 14.4. The average Bonchev–Trinajstić information content (AvgIpc) is 3.12. The first-order chi connectivity index (χ1) is 22.1. The molecule has 46 heavy (non-hydrogen) atoms. The summed E-state index contributed by atoms with van der Waals surface area (Å²) in [6.07, 6.45) is 2.56. The minimum atomic E-state index is -1.42. The molecule has 0 saturated heterocycles. The van der Waals surface area contributed by atoms with Gasteiger partial charge in [-0.05, 0) is 60.2 Å². The zero-order valence-electron chi connectivity index (χ0n) is 25.9. The first-order valence-corrected chi connectivity index (χ1v) is 17.0. The standard InChI is InChI=1S/C35H36FN5O3S2/c1-23(2)20-21-41(46-32(39-35(37)44)24-12-11-15-26(22-24)45-3)30-19-10-9-18-29(30)40(28-17-8-7-16-27(28)36)33(42)31(34(41)43)38-25-13-5-4-6-14-25/h4-19,22-23,31-32,38H,20-21H2,1-3H3,(H2-,37,39,44)/p+1. The van der Waals surface area contributed by atoms with Gasteiger partial charge in [0.2, 0.25) is 6.04 Å². The van der Waals surface area contributed by atoms with Gasteiger partial charge in [0.05, 0.1) is 5.69 Å². The number of fused-ring (bicyclic) bond motifs is 1. The van der Waals surface area contributed by atoms with E-state index in [9.17, 15) is 9.59 Å².